The fraction of sp³-hybridized carbons (Fsp3) is 0.950. The predicted octanol–water partition coefficient (Wildman–Crippen LogP) is 0.856. The third kappa shape index (κ3) is 5.83. The Balaban J connectivity index is 2.04. The summed E-state index contributed by atoms with van der Waals surface area (Å²) in [7, 11) is 0. The van der Waals surface area contributed by atoms with Crippen LogP contribution in [-0.4, -0.2) is 76.0 Å². The van der Waals surface area contributed by atoms with E-state index in [1.807, 2.05) is 13.8 Å². The SMILES string of the molecule is CCCC[C@@H]1CCN[C@H](C(=O)N[C@H](C(C)C)[C@H]2O[C@H](SC)[C@H](O)[C@@H](O)[C@H]2O)C1. The molecule has 2 aliphatic rings. The van der Waals surface area contributed by atoms with Crippen LogP contribution in [0.4, 0.5) is 0 Å². The number of hydrogen-bond acceptors (Lipinski definition) is 7. The van der Waals surface area contributed by atoms with Gasteiger partial charge in [0.2, 0.25) is 5.91 Å². The van der Waals surface area contributed by atoms with E-state index in [4.69, 9.17) is 4.74 Å². The summed E-state index contributed by atoms with van der Waals surface area (Å²) >= 11 is 1.28. The fourth-order valence-electron chi connectivity index (χ4n) is 4.21. The molecule has 7 nitrogen and oxygen atoms in total. The lowest BCUT2D eigenvalue weighted by Gasteiger charge is -2.44. The Morgan fingerprint density at radius 3 is 2.57 bits per heavy atom. The van der Waals surface area contributed by atoms with E-state index in [-0.39, 0.29) is 17.9 Å². The Labute approximate surface area is 173 Å². The molecule has 0 aliphatic carbocycles. The second-order valence-electron chi connectivity index (χ2n) is 8.49. The van der Waals surface area contributed by atoms with Gasteiger partial charge in [0.05, 0.1) is 12.1 Å². The Kier molecular flexibility index (Phi) is 9.50. The van der Waals surface area contributed by atoms with Gasteiger partial charge in [0.25, 0.3) is 0 Å². The summed E-state index contributed by atoms with van der Waals surface area (Å²) < 4.78 is 5.88. The number of aliphatic hydroxyl groups excluding tert-OH is 3. The van der Waals surface area contributed by atoms with Crippen LogP contribution in [0.5, 0.6) is 0 Å². The first-order valence-corrected chi connectivity index (χ1v) is 11.8. The maximum Gasteiger partial charge on any atom is 0.237 e. The van der Waals surface area contributed by atoms with Crippen LogP contribution in [0.1, 0.15) is 52.9 Å². The van der Waals surface area contributed by atoms with Gasteiger partial charge in [-0.1, -0.05) is 40.0 Å². The largest absolute Gasteiger partial charge is 0.388 e. The molecule has 0 aromatic carbocycles. The lowest BCUT2D eigenvalue weighted by atomic mass is 9.86. The van der Waals surface area contributed by atoms with E-state index < -0.39 is 35.9 Å². The van der Waals surface area contributed by atoms with Gasteiger partial charge in [-0.05, 0) is 37.5 Å². The Morgan fingerprint density at radius 2 is 1.96 bits per heavy atom. The minimum atomic E-state index is -1.31. The number of rotatable bonds is 8. The molecule has 2 fully saturated rings. The number of amides is 1. The minimum Gasteiger partial charge on any atom is -0.388 e. The molecule has 8 heteroatoms. The summed E-state index contributed by atoms with van der Waals surface area (Å²) in [4.78, 5) is 13.0. The molecule has 2 saturated heterocycles. The molecule has 2 heterocycles. The third-order valence-electron chi connectivity index (χ3n) is 6.01. The molecule has 0 aromatic heterocycles. The molecule has 164 valence electrons. The summed E-state index contributed by atoms with van der Waals surface area (Å²) in [6.07, 6.45) is 2.69. The molecule has 28 heavy (non-hydrogen) atoms. The van der Waals surface area contributed by atoms with Crippen LogP contribution in [-0.2, 0) is 9.53 Å². The molecule has 8 atom stereocenters. The number of aliphatic hydroxyl groups is 3. The average Bonchev–Trinajstić information content (AvgIpc) is 2.69. The van der Waals surface area contributed by atoms with E-state index in [9.17, 15) is 20.1 Å². The van der Waals surface area contributed by atoms with Crippen LogP contribution in [0.25, 0.3) is 0 Å². The molecule has 0 spiro atoms. The second kappa shape index (κ2) is 11.1. The summed E-state index contributed by atoms with van der Waals surface area (Å²) in [6, 6.07) is -0.707. The first kappa shape index (κ1) is 23.9. The van der Waals surface area contributed by atoms with E-state index in [0.29, 0.717) is 5.92 Å². The van der Waals surface area contributed by atoms with Crippen molar-refractivity contribution in [1.29, 1.82) is 0 Å². The molecular formula is C20H38N2O5S. The van der Waals surface area contributed by atoms with E-state index in [1.54, 1.807) is 6.26 Å². The van der Waals surface area contributed by atoms with Crippen molar-refractivity contribution < 1.29 is 24.9 Å². The highest BCUT2D eigenvalue weighted by Gasteiger charge is 2.47. The number of ether oxygens (including phenoxy) is 1. The van der Waals surface area contributed by atoms with Crippen LogP contribution < -0.4 is 10.6 Å². The van der Waals surface area contributed by atoms with Crippen molar-refractivity contribution in [3.8, 4) is 0 Å². The highest BCUT2D eigenvalue weighted by atomic mass is 32.2. The number of thioether (sulfide) groups is 1. The standard InChI is InChI=1S/C20H38N2O5S/c1-5-6-7-12-8-9-21-13(10-12)19(26)22-14(11(2)3)18-16(24)15(23)17(25)20(27-18)28-4/h11-18,20-21,23-25H,5-10H2,1-4H3,(H,22,26)/t12-,13+,14-,15+,16-,17-,18-,20-/m1/s1. The van der Waals surface area contributed by atoms with Gasteiger partial charge in [0, 0.05) is 0 Å². The third-order valence-corrected chi connectivity index (χ3v) is 6.87. The second-order valence-corrected chi connectivity index (χ2v) is 9.43. The number of carbonyl (C=O) groups is 1. The van der Waals surface area contributed by atoms with Crippen LogP contribution in [0.15, 0.2) is 0 Å². The van der Waals surface area contributed by atoms with Gasteiger partial charge < -0.3 is 30.7 Å². The lowest BCUT2D eigenvalue weighted by Crippen LogP contribution is -2.65. The molecule has 1 amide bonds. The van der Waals surface area contributed by atoms with Gasteiger partial charge in [-0.2, -0.15) is 0 Å². The average molecular weight is 419 g/mol. The summed E-state index contributed by atoms with van der Waals surface area (Å²) in [5.74, 6) is 0.467. The van der Waals surface area contributed by atoms with Crippen LogP contribution in [0.3, 0.4) is 0 Å². The van der Waals surface area contributed by atoms with Crippen molar-refractivity contribution in [2.75, 3.05) is 12.8 Å². The number of nitrogens with one attached hydrogen (secondary N) is 2. The van der Waals surface area contributed by atoms with Crippen molar-refractivity contribution in [1.82, 2.24) is 10.6 Å². The maximum absolute atomic E-state index is 13.0. The van der Waals surface area contributed by atoms with Crippen LogP contribution in [0.2, 0.25) is 0 Å². The Bertz CT molecular complexity index is 493. The van der Waals surface area contributed by atoms with Gasteiger partial charge in [-0.15, -0.1) is 11.8 Å². The summed E-state index contributed by atoms with van der Waals surface area (Å²) in [6.45, 7) is 6.91. The van der Waals surface area contributed by atoms with Crippen LogP contribution in [0, 0.1) is 11.8 Å². The minimum absolute atomic E-state index is 0.00646. The lowest BCUT2D eigenvalue weighted by molar-refractivity contribution is -0.208. The van der Waals surface area contributed by atoms with Gasteiger partial charge in [-0.3, -0.25) is 4.79 Å². The fourth-order valence-corrected chi connectivity index (χ4v) is 4.89. The van der Waals surface area contributed by atoms with Gasteiger partial charge in [0.1, 0.15) is 29.9 Å². The van der Waals surface area contributed by atoms with Crippen molar-refractivity contribution in [3.63, 3.8) is 0 Å². The number of hydrogen-bond donors (Lipinski definition) is 5. The zero-order chi connectivity index (χ0) is 20.8. The Morgan fingerprint density at radius 1 is 1.25 bits per heavy atom. The molecule has 2 rings (SSSR count). The van der Waals surface area contributed by atoms with Crippen molar-refractivity contribution in [2.24, 2.45) is 11.8 Å². The van der Waals surface area contributed by atoms with E-state index in [0.717, 1.165) is 32.2 Å². The number of piperidine rings is 1. The maximum atomic E-state index is 13.0. The molecule has 0 radical (unpaired) electrons. The Hall–Kier alpha value is -0.380. The summed E-state index contributed by atoms with van der Waals surface area (Å²) in [5.41, 5.74) is -0.646. The molecule has 5 N–H and O–H groups in total. The smallest absolute Gasteiger partial charge is 0.237 e. The molecule has 0 saturated carbocycles. The first-order valence-electron chi connectivity index (χ1n) is 10.6. The highest BCUT2D eigenvalue weighted by molar-refractivity contribution is 7.99. The molecule has 0 unspecified atom stereocenters. The zero-order valence-corrected chi connectivity index (χ0v) is 18.3. The van der Waals surface area contributed by atoms with Gasteiger partial charge in [0.15, 0.2) is 0 Å². The zero-order valence-electron chi connectivity index (χ0n) is 17.5. The molecule has 0 bridgehead atoms. The quantitative estimate of drug-likeness (QED) is 0.397. The molecule has 0 aromatic rings. The highest BCUT2D eigenvalue weighted by Crippen LogP contribution is 2.30. The first-order chi connectivity index (χ1) is 13.3. The number of unbranched alkanes of at least 4 members (excludes halogenated alkanes) is 1. The van der Waals surface area contributed by atoms with Crippen molar-refractivity contribution in [2.45, 2.75) is 94.8 Å². The van der Waals surface area contributed by atoms with Crippen molar-refractivity contribution in [3.05, 3.63) is 0 Å². The number of carbonyl (C=O) groups excluding carboxylic acids is 1. The molecular weight excluding hydrogens is 380 g/mol. The van der Waals surface area contributed by atoms with E-state index in [2.05, 4.69) is 17.6 Å². The molecule has 2 aliphatic heterocycles. The van der Waals surface area contributed by atoms with Gasteiger partial charge >= 0.3 is 0 Å². The topological polar surface area (TPSA) is 111 Å². The van der Waals surface area contributed by atoms with E-state index in [1.165, 1.54) is 18.2 Å². The predicted molar refractivity (Wildman–Crippen MR) is 111 cm³/mol. The summed E-state index contributed by atoms with van der Waals surface area (Å²) in [5, 5.41) is 37.2. The van der Waals surface area contributed by atoms with Gasteiger partial charge in [-0.25, -0.2) is 0 Å². The van der Waals surface area contributed by atoms with Crippen molar-refractivity contribution >= 4 is 17.7 Å². The normalized spacial score (nSPS) is 37.6. The van der Waals surface area contributed by atoms with Crippen LogP contribution >= 0.6 is 11.8 Å². The monoisotopic (exact) mass is 418 g/mol. The van der Waals surface area contributed by atoms with E-state index >= 15 is 0 Å².